The lowest BCUT2D eigenvalue weighted by Gasteiger charge is -2.22. The highest BCUT2D eigenvalue weighted by molar-refractivity contribution is 5.76. The van der Waals surface area contributed by atoms with E-state index < -0.39 is 12.1 Å². The van der Waals surface area contributed by atoms with E-state index in [1.54, 1.807) is 0 Å². The molecule has 0 fully saturated rings. The van der Waals surface area contributed by atoms with Crippen molar-refractivity contribution in [3.05, 3.63) is 36.5 Å². The maximum atomic E-state index is 12.5. The normalized spacial score (nSPS) is 12.9. The first kappa shape index (κ1) is 59.1. The van der Waals surface area contributed by atoms with Crippen LogP contribution in [0.15, 0.2) is 36.5 Å². The highest BCUT2D eigenvalue weighted by atomic mass is 16.5. The fraction of sp³-hybridized carbons (Fsp3) is 0.855. The van der Waals surface area contributed by atoms with Crippen LogP contribution in [0.2, 0.25) is 0 Å². The Labute approximate surface area is 379 Å². The van der Waals surface area contributed by atoms with Gasteiger partial charge in [-0.1, -0.05) is 224 Å². The first-order valence-electron chi connectivity index (χ1n) is 26.7. The van der Waals surface area contributed by atoms with Crippen LogP contribution in [0.25, 0.3) is 0 Å². The Morgan fingerprint density at radius 2 is 0.852 bits per heavy atom. The Kier molecular flexibility index (Phi) is 49.1. The van der Waals surface area contributed by atoms with Crippen LogP contribution in [0.4, 0.5) is 0 Å². The highest BCUT2D eigenvalue weighted by Crippen LogP contribution is 2.16. The lowest BCUT2D eigenvalue weighted by atomic mass is 10.0. The molecular weight excluding hydrogens is 755 g/mol. The molecule has 0 radical (unpaired) electrons. The minimum absolute atomic E-state index is 0.0281. The molecule has 0 saturated heterocycles. The molecular formula is C55H103NO5. The summed E-state index contributed by atoms with van der Waals surface area (Å²) in [7, 11) is 0. The van der Waals surface area contributed by atoms with E-state index in [4.69, 9.17) is 4.74 Å². The highest BCUT2D eigenvalue weighted by Gasteiger charge is 2.20. The number of carbonyl (C=O) groups excluding carboxylic acids is 2. The molecule has 0 rings (SSSR count). The van der Waals surface area contributed by atoms with E-state index >= 15 is 0 Å². The molecule has 0 saturated carbocycles. The number of unbranched alkanes of at least 4 members (excludes halogenated alkanes) is 32. The molecule has 0 aliphatic heterocycles. The summed E-state index contributed by atoms with van der Waals surface area (Å²) in [4.78, 5) is 24.5. The van der Waals surface area contributed by atoms with Crippen LogP contribution >= 0.6 is 0 Å². The van der Waals surface area contributed by atoms with Gasteiger partial charge in [0.25, 0.3) is 0 Å². The number of esters is 1. The summed E-state index contributed by atoms with van der Waals surface area (Å²) >= 11 is 0. The van der Waals surface area contributed by atoms with Crippen LogP contribution in [0.3, 0.4) is 0 Å². The van der Waals surface area contributed by atoms with Gasteiger partial charge < -0.3 is 20.3 Å². The predicted octanol–water partition coefficient (Wildman–Crippen LogP) is 16.1. The fourth-order valence-corrected chi connectivity index (χ4v) is 8.02. The average molecular weight is 858 g/mol. The molecule has 2 atom stereocenters. The van der Waals surface area contributed by atoms with Crippen molar-refractivity contribution < 1.29 is 24.5 Å². The molecule has 1 amide bonds. The maximum absolute atomic E-state index is 12.5. The SMILES string of the molecule is CCC/C=C\C/C=C\CCCCCCCC(=O)OCCCCCCCC/C=C\CCCCCC(=O)NC(CO)C(O)CCCCCCCCCCCCCCCCCCCC. The first-order valence-corrected chi connectivity index (χ1v) is 26.7. The van der Waals surface area contributed by atoms with Crippen LogP contribution in [0.1, 0.15) is 277 Å². The minimum Gasteiger partial charge on any atom is -0.466 e. The molecule has 0 aliphatic carbocycles. The smallest absolute Gasteiger partial charge is 0.305 e. The zero-order valence-electron chi connectivity index (χ0n) is 40.6. The molecule has 0 bridgehead atoms. The van der Waals surface area contributed by atoms with Crippen molar-refractivity contribution >= 4 is 11.9 Å². The number of rotatable bonds is 49. The molecule has 0 heterocycles. The van der Waals surface area contributed by atoms with Gasteiger partial charge >= 0.3 is 5.97 Å². The van der Waals surface area contributed by atoms with Crippen LogP contribution in [0, 0.1) is 0 Å². The molecule has 0 spiro atoms. The number of hydrogen-bond acceptors (Lipinski definition) is 5. The molecule has 61 heavy (non-hydrogen) atoms. The number of aliphatic hydroxyl groups excluding tert-OH is 2. The van der Waals surface area contributed by atoms with Gasteiger partial charge in [0.2, 0.25) is 5.91 Å². The lowest BCUT2D eigenvalue weighted by Crippen LogP contribution is -2.45. The van der Waals surface area contributed by atoms with Crippen LogP contribution < -0.4 is 5.32 Å². The summed E-state index contributed by atoms with van der Waals surface area (Å²) in [6.45, 7) is 4.84. The van der Waals surface area contributed by atoms with Gasteiger partial charge in [0.1, 0.15) is 0 Å². The third-order valence-electron chi connectivity index (χ3n) is 12.1. The van der Waals surface area contributed by atoms with E-state index in [1.165, 1.54) is 161 Å². The van der Waals surface area contributed by atoms with E-state index in [2.05, 4.69) is 55.6 Å². The van der Waals surface area contributed by atoms with Gasteiger partial charge in [0.05, 0.1) is 25.4 Å². The summed E-state index contributed by atoms with van der Waals surface area (Å²) in [6.07, 6.45) is 61.2. The number of carbonyl (C=O) groups is 2. The molecule has 0 aromatic carbocycles. The topological polar surface area (TPSA) is 95.9 Å². The fourth-order valence-electron chi connectivity index (χ4n) is 8.02. The lowest BCUT2D eigenvalue weighted by molar-refractivity contribution is -0.143. The van der Waals surface area contributed by atoms with Crippen molar-refractivity contribution in [3.63, 3.8) is 0 Å². The Morgan fingerprint density at radius 3 is 1.34 bits per heavy atom. The van der Waals surface area contributed by atoms with Gasteiger partial charge in [-0.3, -0.25) is 9.59 Å². The quantitative estimate of drug-likeness (QED) is 0.0322. The number of aliphatic hydroxyl groups is 2. The number of ether oxygens (including phenoxy) is 1. The Balaban J connectivity index is 3.51. The van der Waals surface area contributed by atoms with Crippen molar-refractivity contribution in [1.29, 1.82) is 0 Å². The summed E-state index contributed by atoms with van der Waals surface area (Å²) in [6, 6.07) is -0.563. The average Bonchev–Trinajstić information content (AvgIpc) is 3.26. The van der Waals surface area contributed by atoms with E-state index in [1.807, 2.05) is 0 Å². The molecule has 2 unspecified atom stereocenters. The predicted molar refractivity (Wildman–Crippen MR) is 264 cm³/mol. The Bertz CT molecular complexity index is 993. The third-order valence-corrected chi connectivity index (χ3v) is 12.1. The second-order valence-electron chi connectivity index (χ2n) is 18.2. The Hall–Kier alpha value is -1.92. The zero-order chi connectivity index (χ0) is 44.4. The molecule has 358 valence electrons. The summed E-state index contributed by atoms with van der Waals surface area (Å²) in [5.74, 6) is -0.0930. The van der Waals surface area contributed by atoms with Crippen molar-refractivity contribution in [2.75, 3.05) is 13.2 Å². The Morgan fingerprint density at radius 1 is 0.459 bits per heavy atom. The van der Waals surface area contributed by atoms with Gasteiger partial charge in [-0.05, 0) is 77.0 Å². The monoisotopic (exact) mass is 858 g/mol. The van der Waals surface area contributed by atoms with Gasteiger partial charge in [-0.25, -0.2) is 0 Å². The maximum Gasteiger partial charge on any atom is 0.305 e. The summed E-state index contributed by atoms with van der Waals surface area (Å²) < 4.78 is 5.44. The summed E-state index contributed by atoms with van der Waals surface area (Å²) in [5.41, 5.74) is 0. The third kappa shape index (κ3) is 47.4. The molecule has 0 aromatic heterocycles. The van der Waals surface area contributed by atoms with Crippen LogP contribution in [0.5, 0.6) is 0 Å². The second-order valence-corrected chi connectivity index (χ2v) is 18.2. The first-order chi connectivity index (χ1) is 30.0. The van der Waals surface area contributed by atoms with E-state index in [9.17, 15) is 19.8 Å². The van der Waals surface area contributed by atoms with Gasteiger partial charge in [0, 0.05) is 12.8 Å². The number of nitrogens with one attached hydrogen (secondary N) is 1. The van der Waals surface area contributed by atoms with Crippen molar-refractivity contribution in [2.24, 2.45) is 0 Å². The number of amides is 1. The summed E-state index contributed by atoms with van der Waals surface area (Å²) in [5, 5.41) is 23.3. The molecule has 6 nitrogen and oxygen atoms in total. The molecule has 3 N–H and O–H groups in total. The van der Waals surface area contributed by atoms with Gasteiger partial charge in [-0.15, -0.1) is 0 Å². The van der Waals surface area contributed by atoms with E-state index in [-0.39, 0.29) is 18.5 Å². The van der Waals surface area contributed by atoms with Crippen LogP contribution in [-0.4, -0.2) is 47.4 Å². The van der Waals surface area contributed by atoms with Gasteiger partial charge in [0.15, 0.2) is 0 Å². The van der Waals surface area contributed by atoms with Crippen molar-refractivity contribution in [1.82, 2.24) is 5.32 Å². The number of allylic oxidation sites excluding steroid dienone is 6. The molecule has 0 aliphatic rings. The van der Waals surface area contributed by atoms with E-state index in [0.717, 1.165) is 83.5 Å². The zero-order valence-corrected chi connectivity index (χ0v) is 40.6. The molecule has 0 aromatic rings. The van der Waals surface area contributed by atoms with Crippen molar-refractivity contribution in [3.8, 4) is 0 Å². The minimum atomic E-state index is -0.683. The standard InChI is InChI=1S/C55H103NO5/c1-3-5-7-9-11-13-15-17-18-19-20-21-24-27-31-35-39-43-47-53(58)52(51-57)56-54(59)48-44-40-36-32-28-25-22-26-30-34-38-42-46-50-61-55(60)49-45-41-37-33-29-23-16-14-12-10-8-6-4-2/h8,10,14,16,25,28,52-53,57-58H,3-7,9,11-13,15,17-24,26-27,29-51H2,1-2H3,(H,56,59)/b10-8-,16-14-,28-25-. The largest absolute Gasteiger partial charge is 0.466 e. The van der Waals surface area contributed by atoms with E-state index in [0.29, 0.717) is 25.9 Å². The van der Waals surface area contributed by atoms with Crippen molar-refractivity contribution in [2.45, 2.75) is 289 Å². The van der Waals surface area contributed by atoms with Crippen LogP contribution in [-0.2, 0) is 14.3 Å². The van der Waals surface area contributed by atoms with Gasteiger partial charge in [-0.2, -0.15) is 0 Å². The second kappa shape index (κ2) is 50.7. The molecule has 6 heteroatoms. The number of hydrogen-bond donors (Lipinski definition) is 3.